The van der Waals surface area contributed by atoms with Crippen LogP contribution in [0, 0.1) is 0 Å². The molecule has 0 saturated heterocycles. The Kier molecular flexibility index (Phi) is 8.26. The summed E-state index contributed by atoms with van der Waals surface area (Å²) in [5.41, 5.74) is 2.16. The van der Waals surface area contributed by atoms with Gasteiger partial charge in [-0.2, -0.15) is 0 Å². The molecule has 3 aromatic carbocycles. The number of amides is 1. The van der Waals surface area contributed by atoms with E-state index >= 15 is 0 Å². The average Bonchev–Trinajstić information content (AvgIpc) is 2.81. The fourth-order valence-corrected chi connectivity index (χ4v) is 4.77. The molecular formula is C25H27ClN2O4S. The second-order valence-corrected chi connectivity index (χ2v) is 10.3. The molecule has 0 bridgehead atoms. The lowest BCUT2D eigenvalue weighted by molar-refractivity contribution is 0.0827. The number of benzene rings is 3. The number of nitrogens with one attached hydrogen (secondary N) is 1. The summed E-state index contributed by atoms with van der Waals surface area (Å²) >= 11 is 5.96. The molecule has 3 rings (SSSR count). The molecule has 0 aliphatic heterocycles. The Labute approximate surface area is 199 Å². The van der Waals surface area contributed by atoms with Gasteiger partial charge in [-0.1, -0.05) is 35.9 Å². The SMILES string of the molecule is CN(C)C(=O)c1ccc(S(=O)(=O)c2ccc(CCNC[C@@H](O)c3cccc(Cl)c3)cc2)cc1. The first-order valence-corrected chi connectivity index (χ1v) is 12.3. The van der Waals surface area contributed by atoms with Gasteiger partial charge in [0.25, 0.3) is 5.91 Å². The highest BCUT2D eigenvalue weighted by molar-refractivity contribution is 7.91. The van der Waals surface area contributed by atoms with Crippen LogP contribution in [0.25, 0.3) is 0 Å². The molecule has 0 aromatic heterocycles. The van der Waals surface area contributed by atoms with Crippen LogP contribution in [0.2, 0.25) is 5.02 Å². The molecule has 8 heteroatoms. The third-order valence-electron chi connectivity index (χ3n) is 5.21. The average molecular weight is 487 g/mol. The summed E-state index contributed by atoms with van der Waals surface area (Å²) in [6, 6.07) is 19.8. The molecule has 1 atom stereocenters. The van der Waals surface area contributed by atoms with Crippen molar-refractivity contribution < 1.29 is 18.3 Å². The van der Waals surface area contributed by atoms with Crippen molar-refractivity contribution in [2.45, 2.75) is 22.3 Å². The Hall–Kier alpha value is -2.71. The minimum Gasteiger partial charge on any atom is -0.387 e. The number of hydrogen-bond acceptors (Lipinski definition) is 5. The predicted molar refractivity (Wildman–Crippen MR) is 129 cm³/mol. The van der Waals surface area contributed by atoms with Gasteiger partial charge in [-0.05, 0) is 72.6 Å². The Bertz CT molecular complexity index is 1190. The fourth-order valence-electron chi connectivity index (χ4n) is 3.31. The summed E-state index contributed by atoms with van der Waals surface area (Å²) in [5.74, 6) is -0.183. The quantitative estimate of drug-likeness (QED) is 0.450. The van der Waals surface area contributed by atoms with Crippen molar-refractivity contribution in [2.75, 3.05) is 27.2 Å². The normalized spacial score (nSPS) is 12.4. The van der Waals surface area contributed by atoms with Gasteiger partial charge in [0, 0.05) is 31.2 Å². The van der Waals surface area contributed by atoms with Crippen LogP contribution in [0.15, 0.2) is 82.6 Å². The van der Waals surface area contributed by atoms with Crippen molar-refractivity contribution in [1.29, 1.82) is 0 Å². The zero-order valence-corrected chi connectivity index (χ0v) is 20.1. The molecule has 0 fully saturated rings. The highest BCUT2D eigenvalue weighted by atomic mass is 35.5. The molecule has 0 radical (unpaired) electrons. The lowest BCUT2D eigenvalue weighted by Gasteiger charge is -2.13. The van der Waals surface area contributed by atoms with Crippen molar-refractivity contribution in [3.63, 3.8) is 0 Å². The van der Waals surface area contributed by atoms with Crippen LogP contribution in [0.4, 0.5) is 0 Å². The fraction of sp³-hybridized carbons (Fsp3) is 0.240. The van der Waals surface area contributed by atoms with E-state index in [9.17, 15) is 18.3 Å². The summed E-state index contributed by atoms with van der Waals surface area (Å²) in [6.07, 6.45) is 0.0276. The van der Waals surface area contributed by atoms with Crippen molar-refractivity contribution in [2.24, 2.45) is 0 Å². The van der Waals surface area contributed by atoms with Gasteiger partial charge in [-0.25, -0.2) is 8.42 Å². The zero-order valence-electron chi connectivity index (χ0n) is 18.5. The zero-order chi connectivity index (χ0) is 24.0. The Morgan fingerprint density at radius 3 is 2.18 bits per heavy atom. The van der Waals surface area contributed by atoms with Gasteiger partial charge >= 0.3 is 0 Å². The second-order valence-electron chi connectivity index (χ2n) is 7.90. The molecule has 0 heterocycles. The molecule has 0 spiro atoms. The van der Waals surface area contributed by atoms with Gasteiger partial charge in [0.1, 0.15) is 0 Å². The molecule has 0 unspecified atom stereocenters. The maximum Gasteiger partial charge on any atom is 0.253 e. The number of carbonyl (C=O) groups excluding carboxylic acids is 1. The van der Waals surface area contributed by atoms with Gasteiger partial charge in [0.15, 0.2) is 0 Å². The van der Waals surface area contributed by atoms with Crippen LogP contribution in [0.1, 0.15) is 27.6 Å². The third kappa shape index (κ3) is 6.42. The van der Waals surface area contributed by atoms with E-state index in [0.29, 0.717) is 30.1 Å². The minimum atomic E-state index is -3.67. The predicted octanol–water partition coefficient (Wildman–Crippen LogP) is 3.74. The molecular weight excluding hydrogens is 460 g/mol. The van der Waals surface area contributed by atoms with Crippen molar-refractivity contribution in [3.05, 3.63) is 94.5 Å². The molecule has 2 N–H and O–H groups in total. The van der Waals surface area contributed by atoms with E-state index in [0.717, 1.165) is 11.1 Å². The van der Waals surface area contributed by atoms with Gasteiger partial charge in [0.05, 0.1) is 15.9 Å². The van der Waals surface area contributed by atoms with Crippen molar-refractivity contribution in [1.82, 2.24) is 10.2 Å². The lowest BCUT2D eigenvalue weighted by Crippen LogP contribution is -2.23. The number of sulfone groups is 1. The van der Waals surface area contributed by atoms with Crippen molar-refractivity contribution in [3.8, 4) is 0 Å². The van der Waals surface area contributed by atoms with Crippen LogP contribution in [-0.4, -0.2) is 51.5 Å². The number of aliphatic hydroxyl groups is 1. The van der Waals surface area contributed by atoms with E-state index in [4.69, 9.17) is 11.6 Å². The monoisotopic (exact) mass is 486 g/mol. The van der Waals surface area contributed by atoms with E-state index < -0.39 is 15.9 Å². The molecule has 6 nitrogen and oxygen atoms in total. The molecule has 0 aliphatic carbocycles. The van der Waals surface area contributed by atoms with E-state index in [1.54, 1.807) is 56.6 Å². The van der Waals surface area contributed by atoms with Gasteiger partial charge in [-0.15, -0.1) is 0 Å². The van der Waals surface area contributed by atoms with Crippen molar-refractivity contribution >= 4 is 27.3 Å². The summed E-state index contributed by atoms with van der Waals surface area (Å²) < 4.78 is 25.8. The van der Waals surface area contributed by atoms with Crippen LogP contribution < -0.4 is 5.32 Å². The molecule has 0 saturated carbocycles. The summed E-state index contributed by atoms with van der Waals surface area (Å²) in [6.45, 7) is 1.02. The summed E-state index contributed by atoms with van der Waals surface area (Å²) in [7, 11) is -0.385. The first kappa shape index (κ1) is 24.9. The summed E-state index contributed by atoms with van der Waals surface area (Å²) in [4.78, 5) is 13.8. The standard InChI is InChI=1S/C25H27ClN2O4S/c1-28(2)25(30)19-8-12-23(13-9-19)33(31,32)22-10-6-18(7-11-22)14-15-27-17-24(29)20-4-3-5-21(26)16-20/h3-13,16,24,27,29H,14-15,17H2,1-2H3/t24-/m1/s1. The molecule has 1 amide bonds. The molecule has 0 aliphatic rings. The van der Waals surface area contributed by atoms with Crippen LogP contribution >= 0.6 is 11.6 Å². The van der Waals surface area contributed by atoms with Gasteiger partial charge < -0.3 is 15.3 Å². The maximum atomic E-state index is 12.9. The highest BCUT2D eigenvalue weighted by Gasteiger charge is 2.18. The Balaban J connectivity index is 1.56. The number of hydrogen-bond donors (Lipinski definition) is 2. The highest BCUT2D eigenvalue weighted by Crippen LogP contribution is 2.22. The topological polar surface area (TPSA) is 86.7 Å². The number of rotatable bonds is 9. The van der Waals surface area contributed by atoms with E-state index in [-0.39, 0.29) is 15.7 Å². The van der Waals surface area contributed by atoms with Crippen LogP contribution in [-0.2, 0) is 16.3 Å². The largest absolute Gasteiger partial charge is 0.387 e. The van der Waals surface area contributed by atoms with E-state index in [1.165, 1.54) is 29.2 Å². The first-order valence-electron chi connectivity index (χ1n) is 10.5. The molecule has 174 valence electrons. The summed E-state index contributed by atoms with van der Waals surface area (Å²) in [5, 5.41) is 14.0. The number of aliphatic hydroxyl groups excluding tert-OH is 1. The van der Waals surface area contributed by atoms with E-state index in [1.807, 2.05) is 6.07 Å². The third-order valence-corrected chi connectivity index (χ3v) is 7.23. The lowest BCUT2D eigenvalue weighted by atomic mass is 10.1. The smallest absolute Gasteiger partial charge is 0.253 e. The van der Waals surface area contributed by atoms with Gasteiger partial charge in [0.2, 0.25) is 9.84 Å². The Morgan fingerprint density at radius 1 is 1.00 bits per heavy atom. The van der Waals surface area contributed by atoms with Crippen LogP contribution in [0.3, 0.4) is 0 Å². The molecule has 33 heavy (non-hydrogen) atoms. The minimum absolute atomic E-state index is 0.141. The number of carbonyl (C=O) groups is 1. The van der Waals surface area contributed by atoms with E-state index in [2.05, 4.69) is 5.32 Å². The van der Waals surface area contributed by atoms with Crippen LogP contribution in [0.5, 0.6) is 0 Å². The van der Waals surface area contributed by atoms with Gasteiger partial charge in [-0.3, -0.25) is 4.79 Å². The number of nitrogens with zero attached hydrogens (tertiary/aromatic N) is 1. The number of halogens is 1. The molecule has 3 aromatic rings. The second kappa shape index (κ2) is 10.9. The maximum absolute atomic E-state index is 12.9. The first-order chi connectivity index (χ1) is 15.7. The Morgan fingerprint density at radius 2 is 1.61 bits per heavy atom.